The molecule has 0 radical (unpaired) electrons. The van der Waals surface area contributed by atoms with E-state index in [0.717, 1.165) is 79.9 Å². The fraction of sp³-hybridized carbons (Fsp3) is 0.0423. The van der Waals surface area contributed by atoms with Crippen LogP contribution in [0.2, 0.25) is 10.3 Å². The van der Waals surface area contributed by atoms with E-state index in [2.05, 4.69) is 131 Å². The zero-order valence-electron chi connectivity index (χ0n) is 48.8. The number of nitrogens with zero attached hydrogens (tertiary/aromatic N) is 6. The lowest BCUT2D eigenvalue weighted by atomic mass is 9.82. The van der Waals surface area contributed by atoms with Gasteiger partial charge in [-0.05, 0) is 74.1 Å². The molecule has 5 aromatic heterocycles. The molecule has 15 aromatic rings. The number of hydrogen-bond acceptors (Lipinski definition) is 8. The Kier molecular flexibility index (Phi) is 11.8. The molecule has 0 atom stereocenters. The van der Waals surface area contributed by atoms with Crippen LogP contribution >= 0.6 is 50.5 Å². The van der Waals surface area contributed by atoms with Gasteiger partial charge in [0.1, 0.15) is 15.9 Å². The van der Waals surface area contributed by atoms with Crippen LogP contribution in [0.1, 0.15) is 32.0 Å². The molecule has 7 nitrogen and oxygen atoms in total. The molecule has 5 heterocycles. The van der Waals surface area contributed by atoms with Crippen molar-refractivity contribution in [3.63, 3.8) is 0 Å². The highest BCUT2D eigenvalue weighted by Crippen LogP contribution is 2.53. The second kappa shape index (κ2) is 21.2. The second-order valence-electron chi connectivity index (χ2n) is 20.1. The number of benzene rings is 10. The smallest absolute Gasteiger partial charge is 0.232 e. The highest BCUT2D eigenvalue weighted by Gasteiger charge is 2.40. The SMILES string of the molecule is CC1(C)c2nc(-c3ccccc3)nc(Cl)c2-c2ccc3ccccc3c21.Clc1nc(-c2ccc(-c3ccccc3)c3ccccc23)nc2oc3ccccc3c12.[2H]c1c([2H])c([2H])c(-c2nc(-c3ccc(Br)cc3)c3sc4ccccc4c3n2)c([2H])c1[2H]. The molecule has 10 aromatic carbocycles. The predicted octanol–water partition coefficient (Wildman–Crippen LogP) is 20.7. The summed E-state index contributed by atoms with van der Waals surface area (Å²) in [6.45, 7) is 4.45. The molecule has 0 unspecified atom stereocenters. The first-order valence-corrected chi connectivity index (χ1v) is 28.7. The minimum absolute atomic E-state index is 0.00143. The van der Waals surface area contributed by atoms with Crippen LogP contribution in [-0.2, 0) is 5.41 Å². The van der Waals surface area contributed by atoms with Crippen molar-refractivity contribution < 1.29 is 11.3 Å². The van der Waals surface area contributed by atoms with Gasteiger partial charge in [-0.15, -0.1) is 11.3 Å². The molecule has 0 amide bonds. The summed E-state index contributed by atoms with van der Waals surface area (Å²) < 4.78 is 49.5. The van der Waals surface area contributed by atoms with Crippen LogP contribution in [0, 0.1) is 0 Å². The number of hydrogen-bond donors (Lipinski definition) is 0. The maximum absolute atomic E-state index is 8.35. The van der Waals surface area contributed by atoms with Gasteiger partial charge in [-0.1, -0.05) is 259 Å². The fourth-order valence-corrected chi connectivity index (χ4v) is 13.0. The largest absolute Gasteiger partial charge is 0.438 e. The third-order valence-electron chi connectivity index (χ3n) is 14.8. The van der Waals surface area contributed by atoms with E-state index in [1.54, 1.807) is 11.3 Å². The molecule has 1 aliphatic rings. The maximum atomic E-state index is 8.35. The van der Waals surface area contributed by atoms with Crippen LogP contribution in [0.3, 0.4) is 0 Å². The third-order valence-corrected chi connectivity index (χ3v) is 17.1. The summed E-state index contributed by atoms with van der Waals surface area (Å²) in [6.07, 6.45) is 0. The lowest BCUT2D eigenvalue weighted by Crippen LogP contribution is -2.18. The number of furan rings is 1. The summed E-state index contributed by atoms with van der Waals surface area (Å²) in [4.78, 5) is 28.4. The van der Waals surface area contributed by atoms with E-state index in [9.17, 15) is 0 Å². The maximum Gasteiger partial charge on any atom is 0.232 e. The van der Waals surface area contributed by atoms with Crippen molar-refractivity contribution in [2.24, 2.45) is 0 Å². The van der Waals surface area contributed by atoms with Gasteiger partial charge in [0.05, 0.1) is 33.8 Å². The van der Waals surface area contributed by atoms with E-state index >= 15 is 0 Å². The number of halogens is 3. The minimum Gasteiger partial charge on any atom is -0.438 e. The molecule has 11 heteroatoms. The van der Waals surface area contributed by atoms with Crippen molar-refractivity contribution in [2.45, 2.75) is 19.3 Å². The molecule has 0 fully saturated rings. The van der Waals surface area contributed by atoms with Gasteiger partial charge in [-0.2, -0.15) is 4.98 Å². The highest BCUT2D eigenvalue weighted by atomic mass is 79.9. The van der Waals surface area contributed by atoms with Gasteiger partial charge in [0.25, 0.3) is 0 Å². The standard InChI is InChI=1S/C26H15ClN2O.C23H17ClN2.C22H13BrN2S/c27-24-23-21-12-6-7-13-22(21)30-26(23)29-25(28-24)20-15-14-17(16-8-2-1-3-9-16)18-10-4-5-11-19(18)20;1-23(2)19-16-11-7-6-8-14(16)12-13-17(19)18-20(23)25-22(26-21(18)24)15-9-4-3-5-10-15;23-16-12-10-14(11-13-16)19-21-20(17-8-4-5-9-18(17)26-21)25-22(24-19)15-6-2-1-3-7-15/h1-15H;3-13H,1-2H3;1-13H/i;;1D,2D,3D,6D,7D. The van der Waals surface area contributed by atoms with Gasteiger partial charge in [0.15, 0.2) is 17.5 Å². The van der Waals surface area contributed by atoms with Crippen LogP contribution in [0.4, 0.5) is 0 Å². The molecule has 16 rings (SSSR count). The lowest BCUT2D eigenvalue weighted by molar-refractivity contribution is 0.641. The lowest BCUT2D eigenvalue weighted by Gasteiger charge is -2.22. The first-order valence-electron chi connectivity index (χ1n) is 28.8. The zero-order chi connectivity index (χ0) is 59.8. The third kappa shape index (κ3) is 9.16. The number of aromatic nitrogens is 6. The molecular formula is C71H45BrCl2N6OS. The second-order valence-corrected chi connectivity index (χ2v) is 22.8. The number of para-hydroxylation sites is 1. The Labute approximate surface area is 501 Å². The van der Waals surface area contributed by atoms with E-state index in [1.165, 1.54) is 27.5 Å². The molecule has 0 N–H and O–H groups in total. The van der Waals surface area contributed by atoms with Crippen molar-refractivity contribution in [1.29, 1.82) is 0 Å². The summed E-state index contributed by atoms with van der Waals surface area (Å²) in [5, 5.41) is 8.25. The van der Waals surface area contributed by atoms with Gasteiger partial charge in [-0.25, -0.2) is 24.9 Å². The van der Waals surface area contributed by atoms with Crippen molar-refractivity contribution in [3.05, 3.63) is 263 Å². The van der Waals surface area contributed by atoms with Crippen LogP contribution in [0.5, 0.6) is 0 Å². The molecular weight excluding hydrogens is 1140 g/mol. The van der Waals surface area contributed by atoms with Crippen molar-refractivity contribution >= 4 is 114 Å². The summed E-state index contributed by atoms with van der Waals surface area (Å²) in [5.41, 5.74) is 11.9. The van der Waals surface area contributed by atoms with Crippen molar-refractivity contribution in [2.75, 3.05) is 0 Å². The topological polar surface area (TPSA) is 90.5 Å². The van der Waals surface area contributed by atoms with Gasteiger partial charge in [-0.3, -0.25) is 0 Å². The van der Waals surface area contributed by atoms with E-state index < -0.39 is 18.1 Å². The van der Waals surface area contributed by atoms with E-state index in [1.807, 2.05) is 115 Å². The predicted molar refractivity (Wildman–Crippen MR) is 344 cm³/mol. The summed E-state index contributed by atoms with van der Waals surface area (Å²) in [6, 6.07) is 67.1. The molecule has 0 bridgehead atoms. The first kappa shape index (κ1) is 45.7. The van der Waals surface area contributed by atoms with Crippen LogP contribution in [0.25, 0.3) is 132 Å². The Bertz CT molecular complexity index is 5240. The molecule has 0 spiro atoms. The van der Waals surface area contributed by atoms with E-state index in [4.69, 9.17) is 54.4 Å². The molecule has 0 saturated carbocycles. The summed E-state index contributed by atoms with van der Waals surface area (Å²) >= 11 is 18.3. The Morgan fingerprint density at radius 1 is 0.476 bits per heavy atom. The normalized spacial score (nSPS) is 13.2. The molecule has 82 heavy (non-hydrogen) atoms. The first-order chi connectivity index (χ1) is 42.2. The highest BCUT2D eigenvalue weighted by molar-refractivity contribution is 9.10. The Balaban J connectivity index is 0.000000115. The molecule has 0 saturated heterocycles. The molecule has 0 aliphatic heterocycles. The average molecular weight is 1190 g/mol. The number of fused-ring (bicyclic) bond motifs is 12. The summed E-state index contributed by atoms with van der Waals surface area (Å²) in [5.74, 6) is 1.35. The van der Waals surface area contributed by atoms with Crippen LogP contribution in [-0.4, -0.2) is 29.9 Å². The van der Waals surface area contributed by atoms with Crippen molar-refractivity contribution in [3.8, 4) is 67.7 Å². The Morgan fingerprint density at radius 3 is 1.83 bits per heavy atom. The van der Waals surface area contributed by atoms with Gasteiger partial charge in [0.2, 0.25) is 5.71 Å². The van der Waals surface area contributed by atoms with Gasteiger partial charge in [0, 0.05) is 53.2 Å². The van der Waals surface area contributed by atoms with E-state index in [0.29, 0.717) is 38.9 Å². The Morgan fingerprint density at radius 2 is 1.07 bits per heavy atom. The van der Waals surface area contributed by atoms with Crippen LogP contribution in [0.15, 0.2) is 245 Å². The fourth-order valence-electron chi connectivity index (χ4n) is 11.0. The van der Waals surface area contributed by atoms with Crippen LogP contribution < -0.4 is 0 Å². The average Bonchev–Trinajstić information content (AvgIpc) is 1.61. The zero-order valence-corrected chi connectivity index (χ0v) is 47.7. The Hall–Kier alpha value is -8.96. The summed E-state index contributed by atoms with van der Waals surface area (Å²) in [7, 11) is 0. The quantitative estimate of drug-likeness (QED) is 0.159. The molecule has 392 valence electrons. The van der Waals surface area contributed by atoms with Crippen molar-refractivity contribution in [1.82, 2.24) is 29.9 Å². The van der Waals surface area contributed by atoms with Gasteiger partial charge < -0.3 is 4.42 Å². The number of thiophene rings is 1. The van der Waals surface area contributed by atoms with Gasteiger partial charge >= 0.3 is 0 Å². The minimum atomic E-state index is -0.436. The number of rotatable bonds is 5. The molecule has 1 aliphatic carbocycles. The monoisotopic (exact) mass is 1180 g/mol. The van der Waals surface area contributed by atoms with E-state index in [-0.39, 0.29) is 28.9 Å².